The third-order valence-corrected chi connectivity index (χ3v) is 9.02. The van der Waals surface area contributed by atoms with Crippen molar-refractivity contribution in [3.8, 4) is 11.5 Å². The summed E-state index contributed by atoms with van der Waals surface area (Å²) in [5.74, 6) is 2.28. The van der Waals surface area contributed by atoms with Crippen LogP contribution in [0.5, 0.6) is 11.5 Å². The molecule has 0 saturated heterocycles. The van der Waals surface area contributed by atoms with Crippen molar-refractivity contribution in [2.24, 2.45) is 0 Å². The molecule has 1 heterocycles. The maximum atomic E-state index is 6.87. The Morgan fingerprint density at radius 3 is 1.69 bits per heavy atom. The average Bonchev–Trinajstić information content (AvgIpc) is 3.30. The van der Waals surface area contributed by atoms with Crippen molar-refractivity contribution in [2.75, 3.05) is 13.1 Å². The molecule has 3 aliphatic rings. The van der Waals surface area contributed by atoms with Gasteiger partial charge in [0.05, 0.1) is 0 Å². The summed E-state index contributed by atoms with van der Waals surface area (Å²) in [5.41, 5.74) is 8.72. The standard InChI is InChI=1S/C25H32NO2P/c1-5-17-9-11-19-13-15-25-16-14-20-12-10-18(6-2)24(22(20)25)28-29(26(7-3)8-4)27-23(17)21(19)25/h9-12H,5-8,13-16H2,1-4H3. The molecule has 3 nitrogen and oxygen atoms in total. The zero-order valence-electron chi connectivity index (χ0n) is 18.2. The molecular weight excluding hydrogens is 377 g/mol. The summed E-state index contributed by atoms with van der Waals surface area (Å²) in [6, 6.07) is 9.34. The van der Waals surface area contributed by atoms with Crippen molar-refractivity contribution in [3.63, 3.8) is 0 Å². The van der Waals surface area contributed by atoms with Gasteiger partial charge in [-0.05, 0) is 60.8 Å². The fraction of sp³-hybridized carbons (Fsp3) is 0.520. The second-order valence-electron chi connectivity index (χ2n) is 8.52. The monoisotopic (exact) mass is 409 g/mol. The topological polar surface area (TPSA) is 21.7 Å². The van der Waals surface area contributed by atoms with Crippen LogP contribution < -0.4 is 9.05 Å². The van der Waals surface area contributed by atoms with Crippen LogP contribution in [0.1, 0.15) is 73.9 Å². The summed E-state index contributed by atoms with van der Waals surface area (Å²) in [6.07, 6.45) is 6.66. The highest BCUT2D eigenvalue weighted by molar-refractivity contribution is 7.45. The summed E-state index contributed by atoms with van der Waals surface area (Å²) in [5, 5.41) is 0. The Labute approximate surface area is 176 Å². The summed E-state index contributed by atoms with van der Waals surface area (Å²) in [7, 11) is -1.17. The van der Waals surface area contributed by atoms with Crippen LogP contribution in [-0.4, -0.2) is 17.8 Å². The van der Waals surface area contributed by atoms with Crippen LogP contribution in [0.4, 0.5) is 0 Å². The predicted octanol–water partition coefficient (Wildman–Crippen LogP) is 6.33. The molecule has 1 spiro atoms. The van der Waals surface area contributed by atoms with Crippen molar-refractivity contribution in [1.82, 2.24) is 4.67 Å². The van der Waals surface area contributed by atoms with Crippen LogP contribution in [0.25, 0.3) is 0 Å². The Morgan fingerprint density at radius 1 is 0.793 bits per heavy atom. The normalized spacial score (nSPS) is 18.7. The average molecular weight is 410 g/mol. The van der Waals surface area contributed by atoms with E-state index in [9.17, 15) is 0 Å². The van der Waals surface area contributed by atoms with Crippen molar-refractivity contribution in [1.29, 1.82) is 0 Å². The van der Waals surface area contributed by atoms with Gasteiger partial charge >= 0.3 is 8.53 Å². The van der Waals surface area contributed by atoms with Gasteiger partial charge in [0.15, 0.2) is 0 Å². The van der Waals surface area contributed by atoms with E-state index in [-0.39, 0.29) is 5.41 Å². The van der Waals surface area contributed by atoms with E-state index in [2.05, 4.69) is 56.6 Å². The first-order chi connectivity index (χ1) is 14.2. The molecule has 0 saturated carbocycles. The van der Waals surface area contributed by atoms with Gasteiger partial charge in [-0.25, -0.2) is 4.67 Å². The quantitative estimate of drug-likeness (QED) is 0.539. The largest absolute Gasteiger partial charge is 0.426 e. The molecule has 0 amide bonds. The van der Waals surface area contributed by atoms with Gasteiger partial charge in [-0.2, -0.15) is 0 Å². The molecule has 2 aliphatic carbocycles. The van der Waals surface area contributed by atoms with E-state index in [1.165, 1.54) is 46.2 Å². The molecule has 2 aromatic carbocycles. The molecule has 0 unspecified atom stereocenters. The second kappa shape index (κ2) is 7.29. The maximum absolute atomic E-state index is 6.87. The summed E-state index contributed by atoms with van der Waals surface area (Å²) in [6.45, 7) is 10.7. The van der Waals surface area contributed by atoms with Gasteiger partial charge in [0.25, 0.3) is 0 Å². The Bertz CT molecular complexity index is 879. The lowest BCUT2D eigenvalue weighted by Crippen LogP contribution is -2.29. The van der Waals surface area contributed by atoms with E-state index in [0.717, 1.165) is 50.3 Å². The minimum Gasteiger partial charge on any atom is -0.426 e. The van der Waals surface area contributed by atoms with Crippen molar-refractivity contribution >= 4 is 8.53 Å². The molecule has 154 valence electrons. The SMILES string of the molecule is CCc1ccc2c3c1OP(N(CC)CC)Oc1c(CC)ccc4c1C3(CC2)CC4. The molecule has 2 aromatic rings. The zero-order chi connectivity index (χ0) is 20.2. The van der Waals surface area contributed by atoms with Crippen LogP contribution in [0, 0.1) is 0 Å². The lowest BCUT2D eigenvalue weighted by atomic mass is 9.74. The van der Waals surface area contributed by atoms with Crippen molar-refractivity contribution in [2.45, 2.75) is 71.6 Å². The number of aryl methyl sites for hydroxylation is 4. The number of hydrogen-bond donors (Lipinski definition) is 0. The number of nitrogens with zero attached hydrogens (tertiary/aromatic N) is 1. The van der Waals surface area contributed by atoms with Gasteiger partial charge in [0, 0.05) is 29.6 Å². The first-order valence-corrected chi connectivity index (χ1v) is 12.5. The van der Waals surface area contributed by atoms with Gasteiger partial charge in [-0.1, -0.05) is 52.0 Å². The van der Waals surface area contributed by atoms with Crippen molar-refractivity contribution < 1.29 is 9.05 Å². The fourth-order valence-corrected chi connectivity index (χ4v) is 7.22. The fourth-order valence-electron chi connectivity index (χ4n) is 5.76. The third kappa shape index (κ3) is 2.70. The van der Waals surface area contributed by atoms with E-state index in [1.807, 2.05) is 0 Å². The van der Waals surface area contributed by atoms with E-state index < -0.39 is 8.53 Å². The van der Waals surface area contributed by atoms with Crippen molar-refractivity contribution in [3.05, 3.63) is 57.6 Å². The number of benzene rings is 2. The number of hydrogen-bond acceptors (Lipinski definition) is 3. The minimum atomic E-state index is -1.17. The molecular formula is C25H32NO2P. The van der Waals surface area contributed by atoms with Gasteiger partial charge in [0.2, 0.25) is 0 Å². The minimum absolute atomic E-state index is 0.0797. The molecule has 4 heteroatoms. The molecule has 1 aliphatic heterocycles. The van der Waals surface area contributed by atoms with Crippen LogP contribution in [-0.2, 0) is 31.1 Å². The molecule has 0 N–H and O–H groups in total. The van der Waals surface area contributed by atoms with E-state index in [1.54, 1.807) is 0 Å². The molecule has 0 bridgehead atoms. The van der Waals surface area contributed by atoms with E-state index in [0.29, 0.717) is 0 Å². The summed E-state index contributed by atoms with van der Waals surface area (Å²) in [4.78, 5) is 0. The molecule has 0 fully saturated rings. The van der Waals surface area contributed by atoms with Crippen LogP contribution in [0.3, 0.4) is 0 Å². The van der Waals surface area contributed by atoms with Gasteiger partial charge in [-0.3, -0.25) is 0 Å². The molecule has 5 rings (SSSR count). The maximum Gasteiger partial charge on any atom is 0.384 e. The van der Waals surface area contributed by atoms with Crippen LogP contribution >= 0.6 is 8.53 Å². The van der Waals surface area contributed by atoms with Crippen LogP contribution in [0.2, 0.25) is 0 Å². The Balaban J connectivity index is 1.82. The van der Waals surface area contributed by atoms with Gasteiger partial charge in [-0.15, -0.1) is 0 Å². The molecule has 0 atom stereocenters. The third-order valence-electron chi connectivity index (χ3n) is 7.31. The lowest BCUT2D eigenvalue weighted by molar-refractivity contribution is 0.351. The summed E-state index contributed by atoms with van der Waals surface area (Å²) < 4.78 is 16.1. The molecule has 29 heavy (non-hydrogen) atoms. The lowest BCUT2D eigenvalue weighted by Gasteiger charge is -2.37. The van der Waals surface area contributed by atoms with E-state index >= 15 is 0 Å². The molecule has 0 radical (unpaired) electrons. The Kier molecular flexibility index (Phi) is 4.87. The van der Waals surface area contributed by atoms with Gasteiger partial charge < -0.3 is 9.05 Å². The first kappa shape index (κ1) is 19.4. The highest BCUT2D eigenvalue weighted by atomic mass is 31.2. The van der Waals surface area contributed by atoms with E-state index in [4.69, 9.17) is 9.05 Å². The van der Waals surface area contributed by atoms with Gasteiger partial charge in [0.1, 0.15) is 11.5 Å². The second-order valence-corrected chi connectivity index (χ2v) is 9.93. The summed E-state index contributed by atoms with van der Waals surface area (Å²) >= 11 is 0. The molecule has 0 aromatic heterocycles. The zero-order valence-corrected chi connectivity index (χ0v) is 19.1. The smallest absolute Gasteiger partial charge is 0.384 e. The highest BCUT2D eigenvalue weighted by Gasteiger charge is 2.51. The Morgan fingerprint density at radius 2 is 1.28 bits per heavy atom. The number of rotatable bonds is 5. The first-order valence-electron chi connectivity index (χ1n) is 11.4. The highest BCUT2D eigenvalue weighted by Crippen LogP contribution is 2.63. The van der Waals surface area contributed by atoms with Crippen LogP contribution in [0.15, 0.2) is 24.3 Å². The Hall–Kier alpha value is -1.57. The predicted molar refractivity (Wildman–Crippen MR) is 120 cm³/mol.